The summed E-state index contributed by atoms with van der Waals surface area (Å²) in [6, 6.07) is 32.3. The standard InChI is InChI=1S/C18H15P.Kr/c1-4-10-16(11-5-1)19(17-12-6-2-7-13-17)18-14-8-3-9-15-18;/h1-15H;. The number of rotatable bonds is 3. The van der Waals surface area contributed by atoms with Gasteiger partial charge in [0.2, 0.25) is 0 Å². The van der Waals surface area contributed by atoms with E-state index in [0.29, 0.717) is 0 Å². The molecule has 3 rings (SSSR count). The van der Waals surface area contributed by atoms with Crippen molar-refractivity contribution in [2.75, 3.05) is 0 Å². The summed E-state index contributed by atoms with van der Waals surface area (Å²) in [7, 11) is -0.446. The Hall–Kier alpha value is -0.429. The van der Waals surface area contributed by atoms with Crippen molar-refractivity contribution in [3.63, 3.8) is 0 Å². The van der Waals surface area contributed by atoms with E-state index < -0.39 is 7.92 Å². The van der Waals surface area contributed by atoms with Gasteiger partial charge in [-0.1, -0.05) is 91.0 Å². The molecule has 0 heterocycles. The Labute approximate surface area is 158 Å². The van der Waals surface area contributed by atoms with Gasteiger partial charge in [-0.05, 0) is 23.8 Å². The first kappa shape index (κ1) is 15.9. The predicted octanol–water partition coefficient (Wildman–Crippen LogP) is 3.44. The maximum atomic E-state index is 2.23. The van der Waals surface area contributed by atoms with E-state index >= 15 is 0 Å². The van der Waals surface area contributed by atoms with Crippen LogP contribution in [0.1, 0.15) is 0 Å². The average Bonchev–Trinajstić information content (AvgIpc) is 2.51. The summed E-state index contributed by atoms with van der Waals surface area (Å²) in [6.45, 7) is 0. The van der Waals surface area contributed by atoms with Crippen molar-refractivity contribution in [1.29, 1.82) is 0 Å². The number of hydrogen-bond donors (Lipinski definition) is 0. The first-order chi connectivity index (χ1) is 9.45. The van der Waals surface area contributed by atoms with Gasteiger partial charge >= 0.3 is 0 Å². The fourth-order valence-corrected chi connectivity index (χ4v) is 4.48. The van der Waals surface area contributed by atoms with E-state index in [4.69, 9.17) is 0 Å². The molecule has 3 aromatic rings. The van der Waals surface area contributed by atoms with Crippen LogP contribution in [0, 0.1) is 45.5 Å². The molecule has 20 heavy (non-hydrogen) atoms. The molecule has 0 aliphatic rings. The quantitative estimate of drug-likeness (QED) is 0.638. The van der Waals surface area contributed by atoms with Gasteiger partial charge in [0.25, 0.3) is 0 Å². The van der Waals surface area contributed by atoms with E-state index in [2.05, 4.69) is 91.0 Å². The van der Waals surface area contributed by atoms with Crippen LogP contribution in [-0.2, 0) is 0 Å². The molecule has 0 spiro atoms. The largest absolute Gasteiger partial charge is 0.0622 e. The Kier molecular flexibility index (Phi) is 6.48. The van der Waals surface area contributed by atoms with Crippen LogP contribution in [0.15, 0.2) is 91.0 Å². The molecule has 0 bridgehead atoms. The van der Waals surface area contributed by atoms with E-state index in [-0.39, 0.29) is 45.5 Å². The van der Waals surface area contributed by atoms with E-state index in [0.717, 1.165) is 0 Å². The SMILES string of the molecule is [Kr].c1ccc(P(c2ccccc2)c2ccccc2)cc1. The summed E-state index contributed by atoms with van der Waals surface area (Å²) in [5.74, 6) is 0. The van der Waals surface area contributed by atoms with Crippen molar-refractivity contribution in [3.05, 3.63) is 91.0 Å². The van der Waals surface area contributed by atoms with Crippen LogP contribution < -0.4 is 15.9 Å². The van der Waals surface area contributed by atoms with Gasteiger partial charge in [-0.2, -0.15) is 0 Å². The molecule has 0 atom stereocenters. The second-order valence-electron chi connectivity index (χ2n) is 4.34. The van der Waals surface area contributed by atoms with Crippen molar-refractivity contribution in [3.8, 4) is 0 Å². The van der Waals surface area contributed by atoms with E-state index in [9.17, 15) is 0 Å². The van der Waals surface area contributed by atoms with Crippen LogP contribution in [0.3, 0.4) is 0 Å². The molecular weight excluding hydrogens is 331 g/mol. The molecule has 0 N–H and O–H groups in total. The molecule has 2 heteroatoms. The predicted molar refractivity (Wildman–Crippen MR) is 85.1 cm³/mol. The van der Waals surface area contributed by atoms with Gasteiger partial charge in [0.1, 0.15) is 0 Å². The van der Waals surface area contributed by atoms with Gasteiger partial charge in [-0.25, -0.2) is 0 Å². The number of benzene rings is 3. The third-order valence-electron chi connectivity index (χ3n) is 3.04. The Morgan fingerprint density at radius 3 is 0.900 bits per heavy atom. The summed E-state index contributed by atoms with van der Waals surface area (Å²) < 4.78 is 0. The molecule has 0 radical (unpaired) electrons. The maximum Gasteiger partial charge on any atom is 0 e. The zero-order valence-corrected chi connectivity index (χ0v) is 13.3. The number of hydrogen-bond acceptors (Lipinski definition) is 0. The molecule has 0 fully saturated rings. The van der Waals surface area contributed by atoms with Crippen molar-refractivity contribution in [2.45, 2.75) is 0 Å². The molecule has 3 aromatic carbocycles. The minimum atomic E-state index is -0.446. The van der Waals surface area contributed by atoms with Crippen molar-refractivity contribution < 1.29 is 45.5 Å². The summed E-state index contributed by atoms with van der Waals surface area (Å²) in [5.41, 5.74) is 0. The third-order valence-corrected chi connectivity index (χ3v) is 5.49. The van der Waals surface area contributed by atoms with Crippen LogP contribution in [0.4, 0.5) is 0 Å². The molecule has 0 saturated heterocycles. The van der Waals surface area contributed by atoms with Gasteiger partial charge in [-0.15, -0.1) is 0 Å². The first-order valence-electron chi connectivity index (χ1n) is 6.40. The van der Waals surface area contributed by atoms with Crippen molar-refractivity contribution in [2.24, 2.45) is 0 Å². The van der Waals surface area contributed by atoms with Gasteiger partial charge in [0.05, 0.1) is 0 Å². The molecule has 0 amide bonds. The zero-order valence-electron chi connectivity index (χ0n) is 11.0. The van der Waals surface area contributed by atoms with E-state index in [1.807, 2.05) is 0 Å². The summed E-state index contributed by atoms with van der Waals surface area (Å²) >= 11 is 0. The summed E-state index contributed by atoms with van der Waals surface area (Å²) in [5, 5.41) is 4.19. The topological polar surface area (TPSA) is 0 Å². The minimum Gasteiger partial charge on any atom is -0.0622 e. The second-order valence-corrected chi connectivity index (χ2v) is 6.56. The molecule has 0 unspecified atom stereocenters. The molecule has 0 aliphatic heterocycles. The molecular formula is C18H15KrP. The monoisotopic (exact) mass is 346 g/mol. The van der Waals surface area contributed by atoms with Crippen molar-refractivity contribution >= 4 is 23.8 Å². The Morgan fingerprint density at radius 1 is 0.400 bits per heavy atom. The molecule has 0 aromatic heterocycles. The van der Waals surface area contributed by atoms with Crippen LogP contribution in [-0.4, -0.2) is 0 Å². The van der Waals surface area contributed by atoms with Crippen molar-refractivity contribution in [1.82, 2.24) is 0 Å². The Morgan fingerprint density at radius 2 is 0.650 bits per heavy atom. The van der Waals surface area contributed by atoms with Gasteiger partial charge in [-0.3, -0.25) is 0 Å². The smallest absolute Gasteiger partial charge is 0 e. The molecule has 0 saturated carbocycles. The van der Waals surface area contributed by atoms with Gasteiger partial charge in [0.15, 0.2) is 0 Å². The van der Waals surface area contributed by atoms with Crippen LogP contribution >= 0.6 is 7.92 Å². The second kappa shape index (κ2) is 8.12. The normalized spacial score (nSPS) is 10.1. The van der Waals surface area contributed by atoms with Gasteiger partial charge in [0, 0.05) is 45.5 Å². The first-order valence-corrected chi connectivity index (χ1v) is 7.74. The zero-order chi connectivity index (χ0) is 12.9. The fourth-order valence-electron chi connectivity index (χ4n) is 2.18. The summed E-state index contributed by atoms with van der Waals surface area (Å²) in [4.78, 5) is 0. The molecule has 100 valence electrons. The van der Waals surface area contributed by atoms with E-state index in [1.54, 1.807) is 0 Å². The minimum absolute atomic E-state index is 0. The average molecular weight is 346 g/mol. The van der Waals surface area contributed by atoms with E-state index in [1.165, 1.54) is 15.9 Å². The third kappa shape index (κ3) is 3.81. The molecule has 0 nitrogen and oxygen atoms in total. The van der Waals surface area contributed by atoms with Crippen LogP contribution in [0.5, 0.6) is 0 Å². The van der Waals surface area contributed by atoms with Crippen LogP contribution in [0.25, 0.3) is 0 Å². The Balaban J connectivity index is 0.00000147. The Bertz CT molecular complexity index is 529. The fraction of sp³-hybridized carbons (Fsp3) is 0. The summed E-state index contributed by atoms with van der Waals surface area (Å²) in [6.07, 6.45) is 0. The van der Waals surface area contributed by atoms with Crippen LogP contribution in [0.2, 0.25) is 0 Å². The molecule has 0 aliphatic carbocycles. The van der Waals surface area contributed by atoms with Gasteiger partial charge < -0.3 is 0 Å². The maximum absolute atomic E-state index is 2.23.